The van der Waals surface area contributed by atoms with Crippen molar-refractivity contribution in [3.8, 4) is 0 Å². The number of rotatable bonds is 8. The van der Waals surface area contributed by atoms with Crippen molar-refractivity contribution >= 4 is 46.5 Å². The number of aliphatic carboxylic acids is 1. The van der Waals surface area contributed by atoms with Crippen molar-refractivity contribution in [2.45, 2.75) is 42.2 Å². The number of ether oxygens (including phenoxy) is 1. The molecule has 1 aliphatic heterocycles. The Morgan fingerprint density at radius 3 is 2.82 bits per heavy atom. The molecule has 0 aliphatic carbocycles. The van der Waals surface area contributed by atoms with E-state index in [2.05, 4.69) is 15.0 Å². The average Bonchev–Trinajstić information content (AvgIpc) is 3.21. The predicted octanol–water partition coefficient (Wildman–Crippen LogP) is -0.715. The fourth-order valence-electron chi connectivity index (χ4n) is 2.83. The number of carboxylic acids is 1. The van der Waals surface area contributed by atoms with E-state index in [-0.39, 0.29) is 5.82 Å². The Kier molecular flexibility index (Phi) is 6.62. The van der Waals surface area contributed by atoms with Gasteiger partial charge in [0, 0.05) is 5.75 Å². The van der Waals surface area contributed by atoms with Crippen LogP contribution >= 0.6 is 23.5 Å². The first kappa shape index (κ1) is 21.1. The number of hydrogen-bond acceptors (Lipinski definition) is 11. The highest BCUT2D eigenvalue weighted by atomic mass is 32.2. The molecule has 1 aliphatic rings. The zero-order chi connectivity index (χ0) is 20.4. The summed E-state index contributed by atoms with van der Waals surface area (Å²) in [5.41, 5.74) is 12.2. The van der Waals surface area contributed by atoms with Crippen LogP contribution < -0.4 is 11.5 Å². The Labute approximate surface area is 168 Å². The lowest BCUT2D eigenvalue weighted by molar-refractivity contribution is -0.138. The summed E-state index contributed by atoms with van der Waals surface area (Å²) in [6, 6.07) is -0.923. The van der Waals surface area contributed by atoms with Gasteiger partial charge in [-0.3, -0.25) is 9.36 Å². The van der Waals surface area contributed by atoms with Crippen LogP contribution in [0.1, 0.15) is 12.6 Å². The van der Waals surface area contributed by atoms with Crippen molar-refractivity contribution in [1.29, 1.82) is 0 Å². The van der Waals surface area contributed by atoms with Crippen molar-refractivity contribution in [2.75, 3.05) is 23.5 Å². The quantitative estimate of drug-likeness (QED) is 0.202. The lowest BCUT2D eigenvalue weighted by atomic mass is 10.1. The number of fused-ring (bicyclic) bond motifs is 1. The summed E-state index contributed by atoms with van der Waals surface area (Å²) in [5.74, 6) is 0.0467. The molecule has 0 bridgehead atoms. The van der Waals surface area contributed by atoms with Gasteiger partial charge in [0.1, 0.15) is 23.8 Å². The van der Waals surface area contributed by atoms with Crippen molar-refractivity contribution in [3.63, 3.8) is 0 Å². The van der Waals surface area contributed by atoms with Crippen molar-refractivity contribution in [3.05, 3.63) is 6.33 Å². The number of aliphatic hydroxyl groups excluding tert-OH is 2. The largest absolute Gasteiger partial charge is 0.480 e. The number of aliphatic hydroxyl groups is 2. The fourth-order valence-corrected chi connectivity index (χ4v) is 4.29. The molecule has 0 saturated carbocycles. The molecule has 7 N–H and O–H groups in total. The van der Waals surface area contributed by atoms with Crippen LogP contribution in [0.3, 0.4) is 0 Å². The Morgan fingerprint density at radius 2 is 2.14 bits per heavy atom. The van der Waals surface area contributed by atoms with Gasteiger partial charge in [-0.15, -0.1) is 0 Å². The van der Waals surface area contributed by atoms with Crippen LogP contribution in [0.2, 0.25) is 0 Å². The van der Waals surface area contributed by atoms with E-state index in [9.17, 15) is 15.0 Å². The molecule has 1 saturated heterocycles. The van der Waals surface area contributed by atoms with E-state index in [4.69, 9.17) is 21.3 Å². The molecule has 0 spiro atoms. The minimum absolute atomic E-state index is 0.225. The Morgan fingerprint density at radius 1 is 1.39 bits per heavy atom. The smallest absolute Gasteiger partial charge is 0.320 e. The molecule has 2 aromatic rings. The predicted molar refractivity (Wildman–Crippen MR) is 105 cm³/mol. The highest BCUT2D eigenvalue weighted by Gasteiger charge is 2.44. The van der Waals surface area contributed by atoms with Crippen molar-refractivity contribution < 1.29 is 24.9 Å². The topological polar surface area (TPSA) is 183 Å². The number of hydrogen-bond donors (Lipinski definition) is 5. The number of carbonyl (C=O) groups is 1. The first-order chi connectivity index (χ1) is 13.3. The van der Waals surface area contributed by atoms with Crippen LogP contribution in [0.15, 0.2) is 11.5 Å². The number of anilines is 1. The van der Waals surface area contributed by atoms with Crippen molar-refractivity contribution in [2.24, 2.45) is 5.73 Å². The monoisotopic (exact) mass is 430 g/mol. The summed E-state index contributed by atoms with van der Waals surface area (Å²) >= 11 is 2.72. The standard InChI is InChI=1S/C15H22N6O5S2/c1-27-15-19-11(17)8-12(20-15)21(5-18-8)13-10(23)9(22)7(26-13)4-28-3-2-6(16)14(24)25/h5-7,9-10,13,22-23H,2-4,16H2,1H3,(H,24,25)(H2,17,19,20)/t6?,7-,9-,10-,13-/m1/s1. The van der Waals surface area contributed by atoms with Gasteiger partial charge in [-0.25, -0.2) is 15.0 Å². The van der Waals surface area contributed by atoms with Gasteiger partial charge >= 0.3 is 5.97 Å². The van der Waals surface area contributed by atoms with Crippen LogP contribution in [0.25, 0.3) is 11.2 Å². The molecule has 0 amide bonds. The summed E-state index contributed by atoms with van der Waals surface area (Å²) in [6.07, 6.45) is -0.245. The number of aromatic nitrogens is 4. The van der Waals surface area contributed by atoms with E-state index < -0.39 is 36.6 Å². The van der Waals surface area contributed by atoms with E-state index >= 15 is 0 Å². The van der Waals surface area contributed by atoms with E-state index in [1.807, 2.05) is 6.26 Å². The average molecular weight is 431 g/mol. The molecule has 2 aromatic heterocycles. The molecule has 154 valence electrons. The van der Waals surface area contributed by atoms with Gasteiger partial charge in [0.2, 0.25) is 0 Å². The van der Waals surface area contributed by atoms with Crippen LogP contribution in [-0.4, -0.2) is 82.9 Å². The molecule has 3 heterocycles. The third-order valence-corrected chi connectivity index (χ3v) is 6.03. The molecule has 5 atom stereocenters. The second-order valence-corrected chi connectivity index (χ2v) is 8.20. The minimum Gasteiger partial charge on any atom is -0.480 e. The summed E-state index contributed by atoms with van der Waals surface area (Å²) < 4.78 is 7.39. The molecule has 13 heteroatoms. The SMILES string of the molecule is CSc1nc(N)c2ncn([C@@H]3O[C@H](CSCCC(N)C(=O)O)[C@@H](O)[C@H]3O)c2n1. The van der Waals surface area contributed by atoms with Gasteiger partial charge in [0.15, 0.2) is 22.8 Å². The lowest BCUT2D eigenvalue weighted by Gasteiger charge is -2.16. The van der Waals surface area contributed by atoms with Crippen LogP contribution in [-0.2, 0) is 9.53 Å². The molecular weight excluding hydrogens is 408 g/mol. The molecule has 0 radical (unpaired) electrons. The third-order valence-electron chi connectivity index (χ3n) is 4.39. The van der Waals surface area contributed by atoms with Crippen LogP contribution in [0.5, 0.6) is 0 Å². The van der Waals surface area contributed by atoms with Gasteiger partial charge in [-0.2, -0.15) is 11.8 Å². The summed E-state index contributed by atoms with van der Waals surface area (Å²) in [6.45, 7) is 0. The number of thioether (sulfide) groups is 2. The fraction of sp³-hybridized carbons (Fsp3) is 0.600. The zero-order valence-electron chi connectivity index (χ0n) is 15.0. The Bertz CT molecular complexity index is 852. The minimum atomic E-state index is -1.18. The van der Waals surface area contributed by atoms with E-state index in [1.165, 1.54) is 34.4 Å². The maximum atomic E-state index is 10.7. The van der Waals surface area contributed by atoms with Crippen LogP contribution in [0, 0.1) is 0 Å². The first-order valence-corrected chi connectivity index (χ1v) is 10.8. The Hall–Kier alpha value is -1.64. The second kappa shape index (κ2) is 8.80. The summed E-state index contributed by atoms with van der Waals surface area (Å²) in [7, 11) is 0. The zero-order valence-corrected chi connectivity index (χ0v) is 16.6. The maximum Gasteiger partial charge on any atom is 0.320 e. The number of nitrogens with two attached hydrogens (primary N) is 2. The van der Waals surface area contributed by atoms with Gasteiger partial charge in [-0.05, 0) is 18.4 Å². The van der Waals surface area contributed by atoms with Crippen molar-refractivity contribution in [1.82, 2.24) is 19.5 Å². The van der Waals surface area contributed by atoms with E-state index in [1.54, 1.807) is 0 Å². The molecule has 0 aromatic carbocycles. The number of imidazole rings is 1. The van der Waals surface area contributed by atoms with E-state index in [0.29, 0.717) is 34.2 Å². The van der Waals surface area contributed by atoms with Gasteiger partial charge in [-0.1, -0.05) is 11.8 Å². The highest BCUT2D eigenvalue weighted by molar-refractivity contribution is 7.99. The highest BCUT2D eigenvalue weighted by Crippen LogP contribution is 2.34. The Balaban J connectivity index is 1.70. The normalized spacial score (nSPS) is 26.0. The van der Waals surface area contributed by atoms with Crippen LogP contribution in [0.4, 0.5) is 5.82 Å². The molecule has 28 heavy (non-hydrogen) atoms. The van der Waals surface area contributed by atoms with Gasteiger partial charge in [0.25, 0.3) is 0 Å². The van der Waals surface area contributed by atoms with Gasteiger partial charge < -0.3 is 31.5 Å². The maximum absolute atomic E-state index is 10.7. The van der Waals surface area contributed by atoms with E-state index in [0.717, 1.165) is 0 Å². The number of carboxylic acid groups (broad SMARTS) is 1. The third kappa shape index (κ3) is 4.18. The second-order valence-electron chi connectivity index (χ2n) is 6.27. The lowest BCUT2D eigenvalue weighted by Crippen LogP contribution is -2.33. The molecule has 11 nitrogen and oxygen atoms in total. The first-order valence-electron chi connectivity index (χ1n) is 8.45. The summed E-state index contributed by atoms with van der Waals surface area (Å²) in [5, 5.41) is 30.1. The number of nitrogens with zero attached hydrogens (tertiary/aromatic N) is 4. The molecular formula is C15H22N6O5S2. The van der Waals surface area contributed by atoms with Gasteiger partial charge in [0.05, 0.1) is 12.4 Å². The molecule has 1 unspecified atom stereocenters. The summed E-state index contributed by atoms with van der Waals surface area (Å²) in [4.78, 5) is 23.4. The number of nitrogen functional groups attached to an aromatic ring is 1. The molecule has 3 rings (SSSR count). The molecule has 1 fully saturated rings.